The molecule has 1 aromatic rings. The second-order valence-electron chi connectivity index (χ2n) is 7.28. The van der Waals surface area contributed by atoms with Crippen LogP contribution >= 0.6 is 0 Å². The number of carbonyl (C=O) groups is 3. The van der Waals surface area contributed by atoms with E-state index in [1.54, 1.807) is 32.9 Å². The molecule has 0 spiro atoms. The number of Topliss-reactive ketones (excluding diaryl/α,β-unsaturated/α-hetero) is 1. The molecule has 154 valence electrons. The number of dihydropyridines is 1. The van der Waals surface area contributed by atoms with E-state index in [9.17, 15) is 18.8 Å². The molecule has 7 heteroatoms. The average Bonchev–Trinajstić information content (AvgIpc) is 2.67. The summed E-state index contributed by atoms with van der Waals surface area (Å²) in [5, 5.41) is 3.13. The summed E-state index contributed by atoms with van der Waals surface area (Å²) in [5.41, 5.74) is 1.68. The fourth-order valence-electron chi connectivity index (χ4n) is 4.18. The molecule has 0 fully saturated rings. The summed E-state index contributed by atoms with van der Waals surface area (Å²) in [4.78, 5) is 38.4. The lowest BCUT2D eigenvalue weighted by molar-refractivity contribution is -0.151. The first-order valence-electron chi connectivity index (χ1n) is 9.56. The Kier molecular flexibility index (Phi) is 5.86. The topological polar surface area (TPSA) is 81.7 Å². The third kappa shape index (κ3) is 3.57. The first-order chi connectivity index (χ1) is 13.8. The monoisotopic (exact) mass is 401 g/mol. The molecule has 2 aliphatic rings. The van der Waals surface area contributed by atoms with Crippen molar-refractivity contribution >= 4 is 17.7 Å². The number of allylic oxidation sites excluding steroid dienone is 3. The summed E-state index contributed by atoms with van der Waals surface area (Å²) in [6, 6.07) is 6.01. The molecule has 0 saturated heterocycles. The molecule has 0 radical (unpaired) electrons. The van der Waals surface area contributed by atoms with Crippen molar-refractivity contribution in [2.75, 3.05) is 13.7 Å². The van der Waals surface area contributed by atoms with Crippen LogP contribution in [0.15, 0.2) is 46.8 Å². The van der Waals surface area contributed by atoms with Gasteiger partial charge in [0.1, 0.15) is 11.7 Å². The van der Waals surface area contributed by atoms with Gasteiger partial charge in [-0.15, -0.1) is 0 Å². The molecule has 1 aliphatic carbocycles. The molecule has 3 rings (SSSR count). The van der Waals surface area contributed by atoms with Gasteiger partial charge in [0.15, 0.2) is 5.78 Å². The minimum atomic E-state index is -1.00. The van der Waals surface area contributed by atoms with Gasteiger partial charge in [0.05, 0.1) is 25.2 Å². The van der Waals surface area contributed by atoms with E-state index >= 15 is 0 Å². The molecule has 0 unspecified atom stereocenters. The number of rotatable bonds is 4. The third-order valence-corrected chi connectivity index (χ3v) is 5.45. The van der Waals surface area contributed by atoms with Crippen molar-refractivity contribution in [3.05, 3.63) is 58.2 Å². The summed E-state index contributed by atoms with van der Waals surface area (Å²) in [6.45, 7) is 5.31. The Morgan fingerprint density at radius 2 is 1.97 bits per heavy atom. The first-order valence-corrected chi connectivity index (χ1v) is 9.56. The number of halogens is 1. The zero-order valence-corrected chi connectivity index (χ0v) is 16.9. The van der Waals surface area contributed by atoms with Crippen molar-refractivity contribution in [3.63, 3.8) is 0 Å². The molecular weight excluding hydrogens is 377 g/mol. The molecule has 1 aliphatic heterocycles. The quantitative estimate of drug-likeness (QED) is 0.617. The van der Waals surface area contributed by atoms with Crippen LogP contribution in [0.4, 0.5) is 4.39 Å². The van der Waals surface area contributed by atoms with Crippen LogP contribution in [0.1, 0.15) is 38.7 Å². The predicted octanol–water partition coefficient (Wildman–Crippen LogP) is 3.00. The summed E-state index contributed by atoms with van der Waals surface area (Å²) in [6.07, 6.45) is 0.402. The van der Waals surface area contributed by atoms with E-state index in [1.807, 2.05) is 0 Å². The van der Waals surface area contributed by atoms with E-state index in [0.717, 1.165) is 0 Å². The number of ketones is 1. The Balaban J connectivity index is 2.21. The fraction of sp³-hybridized carbons (Fsp3) is 0.409. The lowest BCUT2D eigenvalue weighted by Crippen LogP contribution is -2.43. The normalized spacial score (nSPS) is 24.0. The standard InChI is InChI=1S/C22H24FNO5/c1-5-29-22(27)17-12(3)24-15-10-11(2)16(21(26)28-4)20(25)19(15)18(17)13-8-6-7-9-14(13)23/h6-9,11,16,18,24H,5,10H2,1-4H3/t11-,16+,18-/m0/s1. The van der Waals surface area contributed by atoms with E-state index in [2.05, 4.69) is 5.32 Å². The number of methoxy groups -OCH3 is 1. The Morgan fingerprint density at radius 1 is 1.28 bits per heavy atom. The maximum Gasteiger partial charge on any atom is 0.336 e. The maximum atomic E-state index is 14.8. The van der Waals surface area contributed by atoms with Gasteiger partial charge in [0.25, 0.3) is 0 Å². The van der Waals surface area contributed by atoms with Gasteiger partial charge < -0.3 is 14.8 Å². The van der Waals surface area contributed by atoms with Crippen LogP contribution in [0.2, 0.25) is 0 Å². The second kappa shape index (κ2) is 8.19. The molecule has 1 aromatic carbocycles. The second-order valence-corrected chi connectivity index (χ2v) is 7.28. The van der Waals surface area contributed by atoms with Gasteiger partial charge in [0.2, 0.25) is 0 Å². The fourth-order valence-corrected chi connectivity index (χ4v) is 4.18. The highest BCUT2D eigenvalue weighted by atomic mass is 19.1. The number of esters is 2. The molecule has 0 amide bonds. The van der Waals surface area contributed by atoms with Gasteiger partial charge in [0, 0.05) is 22.5 Å². The largest absolute Gasteiger partial charge is 0.468 e. The molecule has 0 saturated carbocycles. The first kappa shape index (κ1) is 20.8. The van der Waals surface area contributed by atoms with Gasteiger partial charge in [-0.25, -0.2) is 9.18 Å². The number of benzene rings is 1. The molecular formula is C22H24FNO5. The lowest BCUT2D eigenvalue weighted by Gasteiger charge is -2.38. The van der Waals surface area contributed by atoms with Crippen LogP contribution in [-0.2, 0) is 23.9 Å². The van der Waals surface area contributed by atoms with E-state index in [1.165, 1.54) is 19.2 Å². The zero-order chi connectivity index (χ0) is 21.3. The van der Waals surface area contributed by atoms with Crippen LogP contribution < -0.4 is 5.32 Å². The third-order valence-electron chi connectivity index (χ3n) is 5.45. The highest BCUT2D eigenvalue weighted by Gasteiger charge is 2.47. The number of hydrogen-bond donors (Lipinski definition) is 1. The highest BCUT2D eigenvalue weighted by Crippen LogP contribution is 2.45. The van der Waals surface area contributed by atoms with Crippen molar-refractivity contribution in [2.24, 2.45) is 11.8 Å². The summed E-state index contributed by atoms with van der Waals surface area (Å²) in [7, 11) is 1.23. The van der Waals surface area contributed by atoms with Gasteiger partial charge in [-0.3, -0.25) is 9.59 Å². The van der Waals surface area contributed by atoms with Gasteiger partial charge in [-0.05, 0) is 32.3 Å². The van der Waals surface area contributed by atoms with Crippen LogP contribution in [0.5, 0.6) is 0 Å². The van der Waals surface area contributed by atoms with Crippen molar-refractivity contribution in [2.45, 2.75) is 33.1 Å². The zero-order valence-electron chi connectivity index (χ0n) is 16.9. The summed E-state index contributed by atoms with van der Waals surface area (Å²) >= 11 is 0. The number of ether oxygens (including phenoxy) is 2. The molecule has 3 atom stereocenters. The van der Waals surface area contributed by atoms with Crippen molar-refractivity contribution in [1.29, 1.82) is 0 Å². The van der Waals surface area contributed by atoms with Crippen molar-refractivity contribution in [3.8, 4) is 0 Å². The predicted molar refractivity (Wildman–Crippen MR) is 103 cm³/mol. The van der Waals surface area contributed by atoms with E-state index in [-0.39, 0.29) is 29.2 Å². The Labute approximate surface area is 168 Å². The summed E-state index contributed by atoms with van der Waals surface area (Å²) in [5.74, 6) is -4.51. The van der Waals surface area contributed by atoms with Crippen LogP contribution in [0.25, 0.3) is 0 Å². The molecule has 1 heterocycles. The van der Waals surface area contributed by atoms with Crippen LogP contribution in [0, 0.1) is 17.7 Å². The van der Waals surface area contributed by atoms with E-state index in [4.69, 9.17) is 9.47 Å². The van der Waals surface area contributed by atoms with Crippen molar-refractivity contribution < 1.29 is 28.2 Å². The number of nitrogens with one attached hydrogen (secondary N) is 1. The van der Waals surface area contributed by atoms with Crippen molar-refractivity contribution in [1.82, 2.24) is 5.32 Å². The molecule has 1 N–H and O–H groups in total. The lowest BCUT2D eigenvalue weighted by atomic mass is 9.69. The molecule has 0 bridgehead atoms. The number of carbonyl (C=O) groups excluding carboxylic acids is 3. The SMILES string of the molecule is CCOC(=O)C1=C(C)NC2=C(C(=O)[C@H](C(=O)OC)[C@@H](C)C2)[C@H]1c1ccccc1F. The van der Waals surface area contributed by atoms with Crippen LogP contribution in [0.3, 0.4) is 0 Å². The minimum Gasteiger partial charge on any atom is -0.468 e. The van der Waals surface area contributed by atoms with Gasteiger partial charge >= 0.3 is 11.9 Å². The molecule has 6 nitrogen and oxygen atoms in total. The van der Waals surface area contributed by atoms with E-state index in [0.29, 0.717) is 17.8 Å². The van der Waals surface area contributed by atoms with E-state index < -0.39 is 35.4 Å². The molecule has 29 heavy (non-hydrogen) atoms. The summed E-state index contributed by atoms with van der Waals surface area (Å²) < 4.78 is 24.8. The van der Waals surface area contributed by atoms with Gasteiger partial charge in [-0.1, -0.05) is 25.1 Å². The highest BCUT2D eigenvalue weighted by molar-refractivity contribution is 6.12. The minimum absolute atomic E-state index is 0.140. The molecule has 0 aromatic heterocycles. The Bertz CT molecular complexity index is 933. The average molecular weight is 401 g/mol. The smallest absolute Gasteiger partial charge is 0.336 e. The Hall–Kier alpha value is -2.96. The maximum absolute atomic E-state index is 14.8. The Morgan fingerprint density at radius 3 is 2.59 bits per heavy atom. The number of hydrogen-bond acceptors (Lipinski definition) is 6. The van der Waals surface area contributed by atoms with Crippen LogP contribution in [-0.4, -0.2) is 31.4 Å². The van der Waals surface area contributed by atoms with Gasteiger partial charge in [-0.2, -0.15) is 0 Å².